The van der Waals surface area contributed by atoms with Crippen LogP contribution in [0.15, 0.2) is 24.3 Å². The molecule has 3 N–H and O–H groups in total. The Balaban J connectivity index is 1.66. The van der Waals surface area contributed by atoms with Gasteiger partial charge in [0, 0.05) is 16.6 Å². The maximum atomic E-state index is 14.0. The summed E-state index contributed by atoms with van der Waals surface area (Å²) in [6.07, 6.45) is 2.07. The van der Waals surface area contributed by atoms with E-state index in [0.717, 1.165) is 12.8 Å². The fourth-order valence-corrected chi connectivity index (χ4v) is 7.27. The molecule has 0 aliphatic carbocycles. The Kier molecular flexibility index (Phi) is 8.50. The highest BCUT2D eigenvalue weighted by Crippen LogP contribution is 2.60. The molecule has 4 unspecified atom stereocenters. The first-order valence-corrected chi connectivity index (χ1v) is 14.2. The van der Waals surface area contributed by atoms with Crippen LogP contribution in [0.4, 0.5) is 5.69 Å². The number of carbonyl (C=O) groups is 3. The number of aliphatic hydroxyl groups is 1. The van der Waals surface area contributed by atoms with Crippen LogP contribution in [0, 0.1) is 11.8 Å². The molecule has 1 spiro atoms. The lowest BCUT2D eigenvalue weighted by molar-refractivity contribution is -0.145. The van der Waals surface area contributed by atoms with E-state index in [1.807, 2.05) is 27.7 Å². The van der Waals surface area contributed by atoms with Crippen molar-refractivity contribution in [2.45, 2.75) is 88.0 Å². The molecule has 0 aromatic heterocycles. The van der Waals surface area contributed by atoms with Crippen molar-refractivity contribution in [2.24, 2.45) is 11.8 Å². The molecule has 37 heavy (non-hydrogen) atoms. The van der Waals surface area contributed by atoms with Crippen LogP contribution < -0.4 is 15.4 Å². The normalized spacial score (nSPS) is 31.7. The fourth-order valence-electron chi connectivity index (χ4n) is 6.33. The van der Waals surface area contributed by atoms with E-state index in [0.29, 0.717) is 30.9 Å². The number of hydrogen-bond acceptors (Lipinski definition) is 6. The molecule has 3 fully saturated rings. The lowest BCUT2D eigenvalue weighted by Gasteiger charge is -2.37. The largest absolute Gasteiger partial charge is 0.494 e. The van der Waals surface area contributed by atoms with E-state index >= 15 is 0 Å². The molecule has 4 rings (SSSR count). The predicted octanol–water partition coefficient (Wildman–Crippen LogP) is 2.85. The monoisotopic (exact) mass is 579 g/mol. The zero-order valence-corrected chi connectivity index (χ0v) is 23.5. The number of alkyl halides is 1. The molecule has 3 saturated heterocycles. The molecule has 0 radical (unpaired) electrons. The van der Waals surface area contributed by atoms with Crippen molar-refractivity contribution in [3.05, 3.63) is 24.3 Å². The Morgan fingerprint density at radius 3 is 2.54 bits per heavy atom. The van der Waals surface area contributed by atoms with Crippen LogP contribution in [-0.2, 0) is 19.1 Å². The first-order valence-electron chi connectivity index (χ1n) is 13.3. The number of hydrogen-bond donors (Lipinski definition) is 3. The van der Waals surface area contributed by atoms with Gasteiger partial charge in [-0.25, -0.2) is 0 Å². The average molecular weight is 581 g/mol. The van der Waals surface area contributed by atoms with Gasteiger partial charge in [-0.15, -0.1) is 0 Å². The minimum Gasteiger partial charge on any atom is -0.494 e. The maximum absolute atomic E-state index is 14.0. The molecule has 9 nitrogen and oxygen atoms in total. The van der Waals surface area contributed by atoms with Gasteiger partial charge < -0.3 is 30.1 Å². The quantitative estimate of drug-likeness (QED) is 0.347. The van der Waals surface area contributed by atoms with Crippen molar-refractivity contribution >= 4 is 39.3 Å². The number of halogens is 1. The summed E-state index contributed by atoms with van der Waals surface area (Å²) in [6.45, 7) is 8.03. The number of nitrogens with zero attached hydrogens (tertiary/aromatic N) is 1. The molecule has 8 atom stereocenters. The van der Waals surface area contributed by atoms with Gasteiger partial charge in [-0.1, -0.05) is 36.2 Å². The highest BCUT2D eigenvalue weighted by molar-refractivity contribution is 9.09. The van der Waals surface area contributed by atoms with Gasteiger partial charge in [0.05, 0.1) is 37.2 Å². The Bertz CT molecular complexity index is 1000. The number of benzene rings is 1. The van der Waals surface area contributed by atoms with Crippen LogP contribution in [0.3, 0.4) is 0 Å². The van der Waals surface area contributed by atoms with Crippen LogP contribution >= 0.6 is 15.9 Å². The summed E-state index contributed by atoms with van der Waals surface area (Å²) >= 11 is 3.68. The number of likely N-dealkylation sites (tertiary alicyclic amines) is 1. The summed E-state index contributed by atoms with van der Waals surface area (Å²) in [4.78, 5) is 42.6. The third-order valence-corrected chi connectivity index (χ3v) is 8.74. The topological polar surface area (TPSA) is 117 Å². The van der Waals surface area contributed by atoms with Gasteiger partial charge in [-0.3, -0.25) is 14.4 Å². The Labute approximate surface area is 226 Å². The second kappa shape index (κ2) is 11.3. The van der Waals surface area contributed by atoms with E-state index in [9.17, 15) is 19.5 Å². The van der Waals surface area contributed by atoms with Crippen LogP contribution in [0.5, 0.6) is 5.75 Å². The van der Waals surface area contributed by atoms with Crippen LogP contribution in [0.2, 0.25) is 0 Å². The van der Waals surface area contributed by atoms with Crippen molar-refractivity contribution in [3.8, 4) is 5.75 Å². The number of aliphatic hydroxyl groups excluding tert-OH is 1. The number of carbonyl (C=O) groups excluding carboxylic acids is 3. The summed E-state index contributed by atoms with van der Waals surface area (Å²) in [7, 11) is 0. The van der Waals surface area contributed by atoms with Crippen molar-refractivity contribution < 1.29 is 29.0 Å². The molecule has 10 heteroatoms. The SMILES string of the molecule is CCCC(C)NC(=O)C1N([C@@H](CC)CO)C(=O)[C@@H]2[C@H](C(=O)Nc3ccc(OCC)cc3)[C@H]3OC12CC3Br. The summed E-state index contributed by atoms with van der Waals surface area (Å²) in [5, 5.41) is 16.1. The van der Waals surface area contributed by atoms with Gasteiger partial charge in [-0.05, 0) is 57.4 Å². The summed E-state index contributed by atoms with van der Waals surface area (Å²) in [5.74, 6) is -1.82. The van der Waals surface area contributed by atoms with E-state index in [1.165, 1.54) is 4.90 Å². The van der Waals surface area contributed by atoms with Crippen molar-refractivity contribution in [1.29, 1.82) is 0 Å². The molecule has 2 bridgehead atoms. The Morgan fingerprint density at radius 1 is 1.24 bits per heavy atom. The molecule has 3 aliphatic rings. The van der Waals surface area contributed by atoms with E-state index in [2.05, 4.69) is 26.6 Å². The molecule has 0 saturated carbocycles. The van der Waals surface area contributed by atoms with E-state index in [1.54, 1.807) is 24.3 Å². The standard InChI is InChI=1S/C27H38BrN3O6/c1-5-8-15(4)29-25(34)23-27-13-19(28)22(37-27)20(21(27)26(35)31(23)17(6-2)14-32)24(33)30-16-9-11-18(12-10-16)36-7-3/h9-12,15,17,19-23,32H,5-8,13-14H2,1-4H3,(H,29,34)(H,30,33)/t15?,17-,19?,20-,21-,22-,23?,27?/m0/s1. The third-order valence-electron chi connectivity index (χ3n) is 7.90. The van der Waals surface area contributed by atoms with Crippen LogP contribution in [0.1, 0.15) is 53.4 Å². The lowest BCUT2D eigenvalue weighted by atomic mass is 9.70. The molecule has 3 amide bonds. The van der Waals surface area contributed by atoms with E-state index in [4.69, 9.17) is 9.47 Å². The highest BCUT2D eigenvalue weighted by Gasteiger charge is 2.77. The Hall–Kier alpha value is -2.17. The van der Waals surface area contributed by atoms with Gasteiger partial charge in [-0.2, -0.15) is 0 Å². The third kappa shape index (κ3) is 4.88. The van der Waals surface area contributed by atoms with E-state index in [-0.39, 0.29) is 35.2 Å². The van der Waals surface area contributed by atoms with Crippen molar-refractivity contribution in [1.82, 2.24) is 10.2 Å². The molecule has 3 heterocycles. The maximum Gasteiger partial charge on any atom is 0.246 e. The first kappa shape index (κ1) is 27.9. The number of fused-ring (bicyclic) bond motifs is 1. The van der Waals surface area contributed by atoms with Crippen LogP contribution in [-0.4, -0.2) is 75.6 Å². The van der Waals surface area contributed by atoms with Crippen molar-refractivity contribution in [2.75, 3.05) is 18.5 Å². The van der Waals surface area contributed by atoms with Crippen LogP contribution in [0.25, 0.3) is 0 Å². The second-order valence-electron chi connectivity index (χ2n) is 10.3. The minimum atomic E-state index is -1.14. The fraction of sp³-hybridized carbons (Fsp3) is 0.667. The summed E-state index contributed by atoms with van der Waals surface area (Å²) < 4.78 is 12.0. The first-order chi connectivity index (χ1) is 17.7. The van der Waals surface area contributed by atoms with Gasteiger partial charge >= 0.3 is 0 Å². The molecule has 204 valence electrons. The second-order valence-corrected chi connectivity index (χ2v) is 11.5. The number of amides is 3. The average Bonchev–Trinajstić information content (AvgIpc) is 3.45. The molecule has 3 aliphatic heterocycles. The Morgan fingerprint density at radius 2 is 1.95 bits per heavy atom. The smallest absolute Gasteiger partial charge is 0.246 e. The molecular weight excluding hydrogens is 542 g/mol. The zero-order chi connectivity index (χ0) is 26.9. The number of nitrogens with one attached hydrogen (secondary N) is 2. The van der Waals surface area contributed by atoms with Gasteiger partial charge in [0.15, 0.2) is 0 Å². The molecule has 1 aromatic carbocycles. The lowest BCUT2D eigenvalue weighted by Crippen LogP contribution is -2.59. The number of rotatable bonds is 11. The number of anilines is 1. The molecular formula is C27H38BrN3O6. The summed E-state index contributed by atoms with van der Waals surface area (Å²) in [6, 6.07) is 5.52. The van der Waals surface area contributed by atoms with Crippen molar-refractivity contribution in [3.63, 3.8) is 0 Å². The number of ether oxygens (including phenoxy) is 2. The molecule has 1 aromatic rings. The van der Waals surface area contributed by atoms with Gasteiger partial charge in [0.2, 0.25) is 17.7 Å². The highest BCUT2D eigenvalue weighted by atomic mass is 79.9. The van der Waals surface area contributed by atoms with E-state index < -0.39 is 35.6 Å². The summed E-state index contributed by atoms with van der Waals surface area (Å²) in [5.41, 5.74) is -0.557. The minimum absolute atomic E-state index is 0.0729. The zero-order valence-electron chi connectivity index (χ0n) is 21.9. The van der Waals surface area contributed by atoms with Gasteiger partial charge in [0.1, 0.15) is 17.4 Å². The predicted molar refractivity (Wildman–Crippen MR) is 142 cm³/mol. The van der Waals surface area contributed by atoms with Gasteiger partial charge in [0.25, 0.3) is 0 Å².